The van der Waals surface area contributed by atoms with Gasteiger partial charge in [0, 0.05) is 0 Å². The van der Waals surface area contributed by atoms with Gasteiger partial charge in [-0.15, -0.1) is 0 Å². The van der Waals surface area contributed by atoms with E-state index >= 15 is 0 Å². The number of carbonyl (C=O) groups excluding carboxylic acids is 1. The molecule has 6 nitrogen and oxygen atoms in total. The number of amides is 1. The Kier molecular flexibility index (Phi) is 2.93. The Bertz CT molecular complexity index is 272. The Hall–Kier alpha value is -0.960. The molecule has 0 bridgehead atoms. The summed E-state index contributed by atoms with van der Waals surface area (Å²) in [5, 5.41) is -4.53. The summed E-state index contributed by atoms with van der Waals surface area (Å²) in [5.74, 6) is 0. The van der Waals surface area contributed by atoms with Crippen molar-refractivity contribution in [2.75, 3.05) is 6.61 Å². The van der Waals surface area contributed by atoms with Crippen LogP contribution >= 0.6 is 0 Å². The van der Waals surface area contributed by atoms with Crippen molar-refractivity contribution in [1.82, 2.24) is 0 Å². The first-order chi connectivity index (χ1) is 5.17. The van der Waals surface area contributed by atoms with Crippen LogP contribution in [0.3, 0.4) is 0 Å². The Morgan fingerprint density at radius 2 is 2.00 bits per heavy atom. The van der Waals surface area contributed by atoms with Gasteiger partial charge in [-0.2, -0.15) is 17.2 Å². The molecule has 0 aliphatic rings. The highest BCUT2D eigenvalue weighted by Crippen LogP contribution is 2.20. The number of halogens is 2. The highest BCUT2D eigenvalue weighted by molar-refractivity contribution is 7.86. The molecule has 12 heavy (non-hydrogen) atoms. The van der Waals surface area contributed by atoms with Gasteiger partial charge in [-0.1, -0.05) is 0 Å². The van der Waals surface area contributed by atoms with Crippen molar-refractivity contribution in [3.8, 4) is 0 Å². The Labute approximate surface area is 66.0 Å². The summed E-state index contributed by atoms with van der Waals surface area (Å²) in [6, 6.07) is 0. The highest BCUT2D eigenvalue weighted by atomic mass is 32.2. The van der Waals surface area contributed by atoms with Gasteiger partial charge < -0.3 is 10.5 Å². The lowest BCUT2D eigenvalue weighted by Gasteiger charge is -2.11. The summed E-state index contributed by atoms with van der Waals surface area (Å²) in [7, 11) is -5.56. The lowest BCUT2D eigenvalue weighted by molar-refractivity contribution is 0.00993. The number of rotatable bonds is 3. The van der Waals surface area contributed by atoms with Crippen molar-refractivity contribution in [2.45, 2.75) is 5.25 Å². The largest absolute Gasteiger partial charge is 0.442 e. The summed E-state index contributed by atoms with van der Waals surface area (Å²) in [6.07, 6.45) is -1.56. The predicted octanol–water partition coefficient (Wildman–Crippen LogP) is -0.438. The molecule has 0 heterocycles. The summed E-state index contributed by atoms with van der Waals surface area (Å²) < 4.78 is 55.2. The molecule has 0 aromatic rings. The SMILES string of the molecule is NC(=O)OCC(F)(F)S(=O)(=O)O. The van der Waals surface area contributed by atoms with Crippen molar-refractivity contribution in [2.24, 2.45) is 5.73 Å². The Morgan fingerprint density at radius 1 is 1.58 bits per heavy atom. The molecule has 0 aromatic heterocycles. The zero-order valence-electron chi connectivity index (χ0n) is 5.53. The monoisotopic (exact) mass is 205 g/mol. The normalized spacial score (nSPS) is 12.6. The molecule has 0 radical (unpaired) electrons. The van der Waals surface area contributed by atoms with Crippen molar-refractivity contribution in [3.63, 3.8) is 0 Å². The molecule has 0 aliphatic heterocycles. The molecule has 0 spiro atoms. The highest BCUT2D eigenvalue weighted by Gasteiger charge is 2.45. The van der Waals surface area contributed by atoms with Crippen molar-refractivity contribution >= 4 is 16.2 Å². The predicted molar refractivity (Wildman–Crippen MR) is 32.0 cm³/mol. The summed E-state index contributed by atoms with van der Waals surface area (Å²) in [6.45, 7) is -1.80. The van der Waals surface area contributed by atoms with Gasteiger partial charge in [0.1, 0.15) is 0 Å². The second-order valence-electron chi connectivity index (χ2n) is 1.72. The van der Waals surface area contributed by atoms with Crippen LogP contribution in [-0.4, -0.2) is 30.9 Å². The zero-order chi connectivity index (χ0) is 9.99. The average molecular weight is 205 g/mol. The van der Waals surface area contributed by atoms with E-state index in [2.05, 4.69) is 10.5 Å². The number of carbonyl (C=O) groups is 1. The van der Waals surface area contributed by atoms with Gasteiger partial charge >= 0.3 is 21.5 Å². The maximum atomic E-state index is 12.1. The first-order valence-corrected chi connectivity index (χ1v) is 3.88. The topological polar surface area (TPSA) is 107 Å². The maximum Gasteiger partial charge on any atom is 0.404 e. The van der Waals surface area contributed by atoms with Crippen LogP contribution in [-0.2, 0) is 14.9 Å². The second-order valence-corrected chi connectivity index (χ2v) is 3.27. The van der Waals surface area contributed by atoms with Crippen LogP contribution in [0.4, 0.5) is 13.6 Å². The Morgan fingerprint density at radius 3 is 2.25 bits per heavy atom. The van der Waals surface area contributed by atoms with Crippen LogP contribution in [0.15, 0.2) is 0 Å². The molecular weight excluding hydrogens is 200 g/mol. The fourth-order valence-corrected chi connectivity index (χ4v) is 0.437. The molecule has 3 N–H and O–H groups in total. The molecule has 0 atom stereocenters. The van der Waals surface area contributed by atoms with Gasteiger partial charge in [-0.05, 0) is 0 Å². The lowest BCUT2D eigenvalue weighted by atomic mass is 10.7. The number of alkyl halides is 2. The van der Waals surface area contributed by atoms with Crippen molar-refractivity contribution < 1.29 is 31.3 Å². The summed E-state index contributed by atoms with van der Waals surface area (Å²) >= 11 is 0. The van der Waals surface area contributed by atoms with E-state index < -0.39 is 28.1 Å². The van der Waals surface area contributed by atoms with E-state index in [0.717, 1.165) is 0 Å². The molecule has 0 unspecified atom stereocenters. The van der Waals surface area contributed by atoms with Gasteiger partial charge in [-0.3, -0.25) is 4.55 Å². The van der Waals surface area contributed by atoms with Crippen molar-refractivity contribution in [1.29, 1.82) is 0 Å². The van der Waals surface area contributed by atoms with Crippen LogP contribution < -0.4 is 5.73 Å². The summed E-state index contributed by atoms with van der Waals surface area (Å²) in [4.78, 5) is 9.76. The fourth-order valence-electron chi connectivity index (χ4n) is 0.230. The second kappa shape index (κ2) is 3.19. The molecule has 9 heteroatoms. The standard InChI is InChI=1S/C3H5F2NO5S/c4-3(5,12(8,9)10)1-11-2(6)7/h1H2,(H2,6,7)(H,8,9,10). The van der Waals surface area contributed by atoms with E-state index in [1.165, 1.54) is 0 Å². The van der Waals surface area contributed by atoms with E-state index in [-0.39, 0.29) is 0 Å². The minimum absolute atomic E-state index is 1.56. The van der Waals surface area contributed by atoms with Crippen LogP contribution in [0, 0.1) is 0 Å². The third kappa shape index (κ3) is 2.96. The third-order valence-electron chi connectivity index (χ3n) is 0.760. The average Bonchev–Trinajstić information content (AvgIpc) is 1.81. The Balaban J connectivity index is 4.35. The zero-order valence-corrected chi connectivity index (χ0v) is 6.35. The van der Waals surface area contributed by atoms with Gasteiger partial charge in [-0.25, -0.2) is 4.79 Å². The molecule has 0 saturated heterocycles. The minimum Gasteiger partial charge on any atom is -0.442 e. The first kappa shape index (κ1) is 11.0. The third-order valence-corrected chi connectivity index (χ3v) is 1.63. The van der Waals surface area contributed by atoms with Crippen LogP contribution in [0.1, 0.15) is 0 Å². The molecule has 0 aliphatic carbocycles. The lowest BCUT2D eigenvalue weighted by Crippen LogP contribution is -2.35. The van der Waals surface area contributed by atoms with Gasteiger partial charge in [0.05, 0.1) is 0 Å². The van der Waals surface area contributed by atoms with E-state index in [1.807, 2.05) is 0 Å². The minimum atomic E-state index is -5.56. The number of hydrogen-bond donors (Lipinski definition) is 2. The van der Waals surface area contributed by atoms with E-state index in [1.54, 1.807) is 0 Å². The molecule has 1 amide bonds. The summed E-state index contributed by atoms with van der Waals surface area (Å²) in [5.41, 5.74) is 4.27. The quantitative estimate of drug-likeness (QED) is 0.607. The number of hydrogen-bond acceptors (Lipinski definition) is 4. The molecular formula is C3H5F2NO5S. The first-order valence-electron chi connectivity index (χ1n) is 2.44. The molecule has 72 valence electrons. The molecule has 0 saturated carbocycles. The van der Waals surface area contributed by atoms with Crippen LogP contribution in [0.2, 0.25) is 0 Å². The molecule has 0 rings (SSSR count). The maximum absolute atomic E-state index is 12.1. The van der Waals surface area contributed by atoms with Gasteiger partial charge in [0.25, 0.3) is 0 Å². The number of nitrogens with two attached hydrogens (primary N) is 1. The van der Waals surface area contributed by atoms with Crippen LogP contribution in [0.5, 0.6) is 0 Å². The van der Waals surface area contributed by atoms with Gasteiger partial charge in [0.2, 0.25) is 0 Å². The van der Waals surface area contributed by atoms with E-state index in [9.17, 15) is 22.0 Å². The number of ether oxygens (including phenoxy) is 1. The smallest absolute Gasteiger partial charge is 0.404 e. The van der Waals surface area contributed by atoms with Gasteiger partial charge in [0.15, 0.2) is 6.61 Å². The fraction of sp³-hybridized carbons (Fsp3) is 0.667. The van der Waals surface area contributed by atoms with E-state index in [4.69, 9.17) is 4.55 Å². The molecule has 0 aromatic carbocycles. The van der Waals surface area contributed by atoms with Crippen LogP contribution in [0.25, 0.3) is 0 Å². The number of primary amides is 1. The molecule has 0 fully saturated rings. The van der Waals surface area contributed by atoms with Crippen molar-refractivity contribution in [3.05, 3.63) is 0 Å². The van der Waals surface area contributed by atoms with E-state index in [0.29, 0.717) is 0 Å².